The van der Waals surface area contributed by atoms with E-state index < -0.39 is 0 Å². The average Bonchev–Trinajstić information content (AvgIpc) is 2.72. The molecule has 4 nitrogen and oxygen atoms in total. The standard InChI is InChI=1S/C17H22N2O2/c1-2-7-17(20)18-12-16-14-19(10-6-11-21-16)13-15-8-4-3-5-9-15/h3-5,8-9,16H,6,10-14H2,1H3,(H,18,20)/t16-/m0/s1. The predicted molar refractivity (Wildman–Crippen MR) is 82.5 cm³/mol. The first-order chi connectivity index (χ1) is 10.3. The molecule has 1 atom stereocenters. The third kappa shape index (κ3) is 5.58. The molecule has 1 N–H and O–H groups in total. The first kappa shape index (κ1) is 15.6. The lowest BCUT2D eigenvalue weighted by Gasteiger charge is -2.23. The monoisotopic (exact) mass is 286 g/mol. The van der Waals surface area contributed by atoms with Gasteiger partial charge in [0.05, 0.1) is 6.10 Å². The number of benzene rings is 1. The van der Waals surface area contributed by atoms with Crippen molar-refractivity contribution in [2.75, 3.05) is 26.2 Å². The number of nitrogens with zero attached hydrogens (tertiary/aromatic N) is 1. The molecule has 1 saturated heterocycles. The van der Waals surface area contributed by atoms with Gasteiger partial charge in [-0.15, -0.1) is 0 Å². The zero-order valence-electron chi connectivity index (χ0n) is 12.5. The van der Waals surface area contributed by atoms with E-state index >= 15 is 0 Å². The number of carbonyl (C=O) groups excluding carboxylic acids is 1. The third-order valence-electron chi connectivity index (χ3n) is 3.41. The van der Waals surface area contributed by atoms with Crippen LogP contribution in [-0.2, 0) is 16.1 Å². The summed E-state index contributed by atoms with van der Waals surface area (Å²) >= 11 is 0. The van der Waals surface area contributed by atoms with Crippen LogP contribution in [0.25, 0.3) is 0 Å². The van der Waals surface area contributed by atoms with Crippen molar-refractivity contribution in [3.05, 3.63) is 35.9 Å². The molecular weight excluding hydrogens is 264 g/mol. The van der Waals surface area contributed by atoms with Crippen molar-refractivity contribution in [1.29, 1.82) is 0 Å². The molecule has 0 aliphatic carbocycles. The van der Waals surface area contributed by atoms with E-state index in [2.05, 4.69) is 46.3 Å². The van der Waals surface area contributed by atoms with Crippen LogP contribution in [0.2, 0.25) is 0 Å². The minimum atomic E-state index is -0.236. The van der Waals surface area contributed by atoms with Crippen molar-refractivity contribution in [3.8, 4) is 11.8 Å². The smallest absolute Gasteiger partial charge is 0.295 e. The lowest BCUT2D eigenvalue weighted by molar-refractivity contribution is -0.116. The Hall–Kier alpha value is -1.83. The third-order valence-corrected chi connectivity index (χ3v) is 3.41. The van der Waals surface area contributed by atoms with Gasteiger partial charge in [-0.2, -0.15) is 0 Å². The number of hydrogen-bond donors (Lipinski definition) is 1. The van der Waals surface area contributed by atoms with Crippen molar-refractivity contribution in [2.45, 2.75) is 26.0 Å². The summed E-state index contributed by atoms with van der Waals surface area (Å²) in [5, 5.41) is 2.80. The maximum atomic E-state index is 11.4. The number of ether oxygens (including phenoxy) is 1. The molecule has 21 heavy (non-hydrogen) atoms. The number of hydrogen-bond acceptors (Lipinski definition) is 3. The molecule has 2 rings (SSSR count). The Bertz CT molecular complexity index is 505. The number of carbonyl (C=O) groups is 1. The number of amides is 1. The van der Waals surface area contributed by atoms with Crippen LogP contribution in [0.3, 0.4) is 0 Å². The van der Waals surface area contributed by atoms with Gasteiger partial charge in [-0.3, -0.25) is 9.69 Å². The van der Waals surface area contributed by atoms with Gasteiger partial charge >= 0.3 is 0 Å². The minimum Gasteiger partial charge on any atom is -0.375 e. The molecule has 112 valence electrons. The van der Waals surface area contributed by atoms with Gasteiger partial charge in [0, 0.05) is 32.8 Å². The van der Waals surface area contributed by atoms with Crippen LogP contribution >= 0.6 is 0 Å². The lowest BCUT2D eigenvalue weighted by Crippen LogP contribution is -2.39. The van der Waals surface area contributed by atoms with Crippen LogP contribution in [0, 0.1) is 11.8 Å². The topological polar surface area (TPSA) is 41.6 Å². The summed E-state index contributed by atoms with van der Waals surface area (Å²) in [7, 11) is 0. The maximum Gasteiger partial charge on any atom is 0.295 e. The first-order valence-corrected chi connectivity index (χ1v) is 7.36. The molecule has 1 fully saturated rings. The second kappa shape index (κ2) is 8.46. The highest BCUT2D eigenvalue weighted by Crippen LogP contribution is 2.10. The van der Waals surface area contributed by atoms with Crippen LogP contribution in [0.1, 0.15) is 18.9 Å². The zero-order valence-corrected chi connectivity index (χ0v) is 12.5. The molecule has 1 aromatic carbocycles. The van der Waals surface area contributed by atoms with Gasteiger partial charge in [0.2, 0.25) is 0 Å². The van der Waals surface area contributed by atoms with Crippen LogP contribution in [0.5, 0.6) is 0 Å². The Morgan fingerprint density at radius 3 is 3.00 bits per heavy atom. The zero-order chi connectivity index (χ0) is 14.9. The maximum absolute atomic E-state index is 11.4. The van der Waals surface area contributed by atoms with Crippen LogP contribution in [0.15, 0.2) is 30.3 Å². The second-order valence-electron chi connectivity index (χ2n) is 5.15. The van der Waals surface area contributed by atoms with Gasteiger partial charge in [-0.1, -0.05) is 36.3 Å². The van der Waals surface area contributed by atoms with E-state index in [1.54, 1.807) is 6.92 Å². The quantitative estimate of drug-likeness (QED) is 0.851. The predicted octanol–water partition coefficient (Wildman–Crippen LogP) is 1.42. The number of rotatable bonds is 4. The summed E-state index contributed by atoms with van der Waals surface area (Å²) in [5.41, 5.74) is 1.30. The van der Waals surface area contributed by atoms with Crippen LogP contribution < -0.4 is 5.32 Å². The summed E-state index contributed by atoms with van der Waals surface area (Å²) in [5.74, 6) is 4.84. The van der Waals surface area contributed by atoms with Gasteiger partial charge < -0.3 is 10.1 Å². The Morgan fingerprint density at radius 1 is 1.43 bits per heavy atom. The fourth-order valence-electron chi connectivity index (χ4n) is 2.44. The summed E-state index contributed by atoms with van der Waals surface area (Å²) in [6.07, 6.45) is 1.05. The van der Waals surface area contributed by atoms with Gasteiger partial charge in [-0.05, 0) is 24.8 Å². The van der Waals surface area contributed by atoms with Crippen molar-refractivity contribution >= 4 is 5.91 Å². The molecule has 4 heteroatoms. The Morgan fingerprint density at radius 2 is 2.24 bits per heavy atom. The van der Waals surface area contributed by atoms with Crippen LogP contribution in [-0.4, -0.2) is 43.2 Å². The van der Waals surface area contributed by atoms with E-state index in [1.807, 2.05) is 6.07 Å². The van der Waals surface area contributed by atoms with E-state index in [4.69, 9.17) is 4.74 Å². The second-order valence-corrected chi connectivity index (χ2v) is 5.15. The largest absolute Gasteiger partial charge is 0.375 e. The fourth-order valence-corrected chi connectivity index (χ4v) is 2.44. The highest BCUT2D eigenvalue weighted by Gasteiger charge is 2.19. The van der Waals surface area contributed by atoms with Gasteiger partial charge in [0.15, 0.2) is 0 Å². The Labute approximate surface area is 126 Å². The summed E-state index contributed by atoms with van der Waals surface area (Å²) in [6.45, 7) is 5.68. The van der Waals surface area contributed by atoms with Gasteiger partial charge in [0.1, 0.15) is 0 Å². The Kier molecular flexibility index (Phi) is 6.26. The van der Waals surface area contributed by atoms with Crippen molar-refractivity contribution < 1.29 is 9.53 Å². The Balaban J connectivity index is 1.85. The first-order valence-electron chi connectivity index (χ1n) is 7.36. The molecule has 1 aliphatic heterocycles. The molecule has 0 saturated carbocycles. The molecular formula is C17H22N2O2. The summed E-state index contributed by atoms with van der Waals surface area (Å²) < 4.78 is 5.79. The van der Waals surface area contributed by atoms with Gasteiger partial charge in [-0.25, -0.2) is 0 Å². The van der Waals surface area contributed by atoms with Crippen molar-refractivity contribution in [1.82, 2.24) is 10.2 Å². The molecule has 0 spiro atoms. The van der Waals surface area contributed by atoms with Crippen molar-refractivity contribution in [3.63, 3.8) is 0 Å². The molecule has 0 bridgehead atoms. The van der Waals surface area contributed by atoms with E-state index in [-0.39, 0.29) is 12.0 Å². The average molecular weight is 286 g/mol. The molecule has 1 heterocycles. The van der Waals surface area contributed by atoms with Crippen LogP contribution in [0.4, 0.5) is 0 Å². The highest BCUT2D eigenvalue weighted by atomic mass is 16.5. The van der Waals surface area contributed by atoms with E-state index in [0.717, 1.165) is 32.7 Å². The minimum absolute atomic E-state index is 0.0267. The molecule has 0 radical (unpaired) electrons. The summed E-state index contributed by atoms with van der Waals surface area (Å²) in [6, 6.07) is 10.4. The molecule has 0 unspecified atom stereocenters. The summed E-state index contributed by atoms with van der Waals surface area (Å²) in [4.78, 5) is 13.8. The SMILES string of the molecule is CC#CC(=O)NC[C@H]1CN(Cc2ccccc2)CCCO1. The highest BCUT2D eigenvalue weighted by molar-refractivity contribution is 5.93. The molecule has 1 aliphatic rings. The normalized spacial score (nSPS) is 19.2. The molecule has 1 aromatic rings. The lowest BCUT2D eigenvalue weighted by atomic mass is 10.2. The number of nitrogens with one attached hydrogen (secondary N) is 1. The van der Waals surface area contributed by atoms with E-state index in [0.29, 0.717) is 6.54 Å². The molecule has 1 amide bonds. The van der Waals surface area contributed by atoms with Gasteiger partial charge in [0.25, 0.3) is 5.91 Å². The van der Waals surface area contributed by atoms with E-state index in [1.165, 1.54) is 5.56 Å². The molecule has 0 aromatic heterocycles. The van der Waals surface area contributed by atoms with E-state index in [9.17, 15) is 4.79 Å². The fraction of sp³-hybridized carbons (Fsp3) is 0.471. The van der Waals surface area contributed by atoms with Crippen molar-refractivity contribution in [2.24, 2.45) is 0 Å².